The molecule has 0 aromatic heterocycles. The largest absolute Gasteiger partial charge is 0.311 e. The van der Waals surface area contributed by atoms with Gasteiger partial charge in [0.05, 0.1) is 0 Å². The van der Waals surface area contributed by atoms with Crippen LogP contribution in [0.15, 0.2) is 140 Å². The molecule has 38 heavy (non-hydrogen) atoms. The molecule has 2 nitrogen and oxygen atoms in total. The van der Waals surface area contributed by atoms with E-state index in [9.17, 15) is 0 Å². The Balaban J connectivity index is 0.00000121. The van der Waals surface area contributed by atoms with Gasteiger partial charge in [-0.25, -0.2) is 0 Å². The highest BCUT2D eigenvalue weighted by atomic mass is 15.2. The van der Waals surface area contributed by atoms with Crippen molar-refractivity contribution >= 4 is 28.4 Å². The van der Waals surface area contributed by atoms with Crippen LogP contribution in [0.1, 0.15) is 38.8 Å². The number of aryl methyl sites for hydroxylation is 2. The summed E-state index contributed by atoms with van der Waals surface area (Å²) in [6.45, 7) is 20.1. The first-order valence-electron chi connectivity index (χ1n) is 13.4. The maximum Gasteiger partial charge on any atom is 0.0463 e. The van der Waals surface area contributed by atoms with Crippen LogP contribution in [0.25, 0.3) is 0 Å². The number of para-hydroxylation sites is 1. The highest BCUT2D eigenvalue weighted by molar-refractivity contribution is 5.79. The Morgan fingerprint density at radius 3 is 1.32 bits per heavy atom. The number of rotatable bonds is 8. The number of hydrogen-bond acceptors (Lipinski definition) is 2. The first-order valence-corrected chi connectivity index (χ1v) is 13.4. The Labute approximate surface area is 230 Å². The molecule has 0 spiro atoms. The molecule has 196 valence electrons. The van der Waals surface area contributed by atoms with Gasteiger partial charge >= 0.3 is 0 Å². The monoisotopic (exact) mass is 502 g/mol. The normalized spacial score (nSPS) is 10.2. The lowest BCUT2D eigenvalue weighted by atomic mass is 10.1. The Kier molecular flexibility index (Phi) is 12.4. The minimum Gasteiger partial charge on any atom is -0.311 e. The molecule has 0 atom stereocenters. The molecule has 0 amide bonds. The molecule has 0 aliphatic rings. The van der Waals surface area contributed by atoms with Crippen LogP contribution in [-0.4, -0.2) is 0 Å². The van der Waals surface area contributed by atoms with E-state index in [0.717, 1.165) is 34.1 Å². The summed E-state index contributed by atoms with van der Waals surface area (Å²) in [4.78, 5) is 4.46. The molecule has 2 heteroatoms. The van der Waals surface area contributed by atoms with E-state index < -0.39 is 0 Å². The third-order valence-corrected chi connectivity index (χ3v) is 5.72. The van der Waals surface area contributed by atoms with Crippen LogP contribution >= 0.6 is 0 Å². The van der Waals surface area contributed by atoms with Gasteiger partial charge in [0.2, 0.25) is 0 Å². The predicted molar refractivity (Wildman–Crippen MR) is 170 cm³/mol. The summed E-state index contributed by atoms with van der Waals surface area (Å²) in [5.74, 6) is 0. The van der Waals surface area contributed by atoms with Crippen LogP contribution in [0.4, 0.5) is 28.4 Å². The lowest BCUT2D eigenvalue weighted by Crippen LogP contribution is -2.15. The zero-order valence-corrected chi connectivity index (χ0v) is 23.9. The summed E-state index contributed by atoms with van der Waals surface area (Å²) >= 11 is 0. The lowest BCUT2D eigenvalue weighted by Gasteiger charge is -2.28. The third kappa shape index (κ3) is 7.60. The number of allylic oxidation sites excluding steroid dienone is 3. The minimum absolute atomic E-state index is 0.963. The fourth-order valence-electron chi connectivity index (χ4n) is 3.96. The van der Waals surface area contributed by atoms with E-state index in [1.54, 1.807) is 6.08 Å². The van der Waals surface area contributed by atoms with Gasteiger partial charge < -0.3 is 9.80 Å². The molecule has 0 aliphatic carbocycles. The molecule has 0 saturated heterocycles. The Bertz CT molecular complexity index is 1270. The standard InChI is InChI=1S/C32H30N2.2C2H6/c1-5-10-27(6-2)33(29-17-13-25(3)14-18-29)31-21-23-32(24-22-31)34(28-11-8-7-9-12-28)30-19-15-26(4)16-20-30;2*1-2/h5-24H,1-2H2,3-4H3;2*1-2H3/b27-10+;;. The average Bonchev–Trinajstić information content (AvgIpc) is 2.98. The molecule has 0 saturated carbocycles. The minimum atomic E-state index is 0.963. The molecule has 0 heterocycles. The molecule has 0 aliphatic heterocycles. The van der Waals surface area contributed by atoms with Crippen LogP contribution in [0, 0.1) is 13.8 Å². The molecule has 4 aromatic rings. The maximum atomic E-state index is 4.04. The molecular weight excluding hydrogens is 460 g/mol. The zero-order valence-electron chi connectivity index (χ0n) is 23.9. The molecule has 0 unspecified atom stereocenters. The highest BCUT2D eigenvalue weighted by Gasteiger charge is 2.15. The second kappa shape index (κ2) is 15.7. The first kappa shape index (κ1) is 29.9. The van der Waals surface area contributed by atoms with Crippen LogP contribution < -0.4 is 9.80 Å². The molecular formula is C36H42N2. The summed E-state index contributed by atoms with van der Waals surface area (Å²) in [7, 11) is 0. The van der Waals surface area contributed by atoms with E-state index in [1.807, 2.05) is 45.9 Å². The van der Waals surface area contributed by atoms with Crippen molar-refractivity contribution in [3.8, 4) is 0 Å². The molecule has 0 bridgehead atoms. The van der Waals surface area contributed by atoms with Gasteiger partial charge in [-0.05, 0) is 86.7 Å². The van der Waals surface area contributed by atoms with Gasteiger partial charge in [0.15, 0.2) is 0 Å². The Morgan fingerprint density at radius 2 is 0.895 bits per heavy atom. The molecule has 0 N–H and O–H groups in total. The first-order chi connectivity index (χ1) is 18.6. The summed E-state index contributed by atoms with van der Waals surface area (Å²) in [6, 6.07) is 36.2. The predicted octanol–water partition coefficient (Wildman–Crippen LogP) is 11.2. The van der Waals surface area contributed by atoms with Crippen molar-refractivity contribution in [1.29, 1.82) is 0 Å². The van der Waals surface area contributed by atoms with Crippen molar-refractivity contribution in [2.75, 3.05) is 9.80 Å². The summed E-state index contributed by atoms with van der Waals surface area (Å²) in [5.41, 5.74) is 8.89. The second-order valence-electron chi connectivity index (χ2n) is 8.23. The SMILES string of the molecule is C=C/C=C(\C=C)N(c1ccc(C)cc1)c1ccc(N(c2ccccc2)c2ccc(C)cc2)cc1.CC.CC. The fraction of sp³-hybridized carbons (Fsp3) is 0.167. The second-order valence-corrected chi connectivity index (χ2v) is 8.23. The quantitative estimate of drug-likeness (QED) is 0.221. The fourth-order valence-corrected chi connectivity index (χ4v) is 3.96. The third-order valence-electron chi connectivity index (χ3n) is 5.72. The van der Waals surface area contributed by atoms with E-state index in [2.05, 4.69) is 134 Å². The lowest BCUT2D eigenvalue weighted by molar-refractivity contribution is 1.20. The molecule has 0 radical (unpaired) electrons. The van der Waals surface area contributed by atoms with Crippen LogP contribution in [0.3, 0.4) is 0 Å². The summed E-state index contributed by atoms with van der Waals surface area (Å²) in [5, 5.41) is 0. The van der Waals surface area contributed by atoms with E-state index in [0.29, 0.717) is 0 Å². The Morgan fingerprint density at radius 1 is 0.526 bits per heavy atom. The van der Waals surface area contributed by atoms with Gasteiger partial charge in [-0.3, -0.25) is 0 Å². The van der Waals surface area contributed by atoms with Crippen LogP contribution in [0.5, 0.6) is 0 Å². The smallest absolute Gasteiger partial charge is 0.0463 e. The number of hydrogen-bond donors (Lipinski definition) is 0. The van der Waals surface area contributed by atoms with Crippen molar-refractivity contribution in [3.05, 3.63) is 151 Å². The Hall–Kier alpha value is -4.30. The molecule has 4 aromatic carbocycles. The maximum absolute atomic E-state index is 4.04. The van der Waals surface area contributed by atoms with E-state index >= 15 is 0 Å². The van der Waals surface area contributed by atoms with Gasteiger partial charge in [-0.2, -0.15) is 0 Å². The zero-order chi connectivity index (χ0) is 27.9. The topological polar surface area (TPSA) is 6.48 Å². The molecule has 4 rings (SSSR count). The van der Waals surface area contributed by atoms with E-state index in [-0.39, 0.29) is 0 Å². The van der Waals surface area contributed by atoms with Gasteiger partial charge in [-0.15, -0.1) is 0 Å². The van der Waals surface area contributed by atoms with Gasteiger partial charge in [0.1, 0.15) is 0 Å². The van der Waals surface area contributed by atoms with Crippen LogP contribution in [-0.2, 0) is 0 Å². The van der Waals surface area contributed by atoms with Crippen molar-refractivity contribution in [3.63, 3.8) is 0 Å². The van der Waals surface area contributed by atoms with Crippen molar-refractivity contribution in [1.82, 2.24) is 0 Å². The van der Waals surface area contributed by atoms with Gasteiger partial charge in [-0.1, -0.05) is 101 Å². The van der Waals surface area contributed by atoms with Crippen LogP contribution in [0.2, 0.25) is 0 Å². The highest BCUT2D eigenvalue weighted by Crippen LogP contribution is 2.37. The van der Waals surface area contributed by atoms with Crippen molar-refractivity contribution in [2.45, 2.75) is 41.5 Å². The van der Waals surface area contributed by atoms with E-state index in [4.69, 9.17) is 0 Å². The molecule has 0 fully saturated rings. The summed E-state index contributed by atoms with van der Waals surface area (Å²) < 4.78 is 0. The summed E-state index contributed by atoms with van der Waals surface area (Å²) in [6.07, 6.45) is 5.63. The van der Waals surface area contributed by atoms with Gasteiger partial charge in [0, 0.05) is 34.1 Å². The van der Waals surface area contributed by atoms with Gasteiger partial charge in [0.25, 0.3) is 0 Å². The van der Waals surface area contributed by atoms with Crippen molar-refractivity contribution in [2.24, 2.45) is 0 Å². The van der Waals surface area contributed by atoms with Crippen molar-refractivity contribution < 1.29 is 0 Å². The number of nitrogens with zero attached hydrogens (tertiary/aromatic N) is 2. The van der Waals surface area contributed by atoms with E-state index in [1.165, 1.54) is 11.1 Å². The number of benzene rings is 4. The average molecular weight is 503 g/mol. The number of anilines is 5.